The second-order valence-corrected chi connectivity index (χ2v) is 9.39. The lowest BCUT2D eigenvalue weighted by atomic mass is 9.83. The lowest BCUT2D eigenvalue weighted by Gasteiger charge is -2.29. The Labute approximate surface area is 181 Å². The summed E-state index contributed by atoms with van der Waals surface area (Å²) in [5.74, 6) is -2.52. The number of thioether (sulfide) groups is 1. The Morgan fingerprint density at radius 3 is 2.39 bits per heavy atom. The number of thiazole rings is 1. The molecule has 3 aromatic rings. The third-order valence-corrected chi connectivity index (χ3v) is 7.82. The Bertz CT molecular complexity index is 1250. The highest BCUT2D eigenvalue weighted by Gasteiger charge is 2.56. The summed E-state index contributed by atoms with van der Waals surface area (Å²) in [6.45, 7) is 0. The molecule has 0 spiro atoms. The highest BCUT2D eigenvalue weighted by molar-refractivity contribution is 8.00. The topological polar surface area (TPSA) is 70.2 Å². The molecule has 158 valence electrons. The zero-order valence-corrected chi connectivity index (χ0v) is 17.2. The van der Waals surface area contributed by atoms with Gasteiger partial charge in [-0.05, 0) is 23.8 Å². The monoisotopic (exact) mass is 462 g/mol. The van der Waals surface area contributed by atoms with Gasteiger partial charge in [0, 0.05) is 10.8 Å². The molecule has 2 aromatic carbocycles. The Morgan fingerprint density at radius 1 is 0.935 bits per heavy atom. The van der Waals surface area contributed by atoms with Crippen molar-refractivity contribution in [3.05, 3.63) is 80.3 Å². The summed E-state index contributed by atoms with van der Waals surface area (Å²) in [5, 5.41) is -0.317. The molecule has 0 bridgehead atoms. The first-order chi connectivity index (χ1) is 14.8. The Kier molecular flexibility index (Phi) is 4.60. The van der Waals surface area contributed by atoms with Crippen LogP contribution in [0.4, 0.5) is 18.9 Å². The maximum absolute atomic E-state index is 13.4. The first-order valence-electron chi connectivity index (χ1n) is 9.25. The minimum Gasteiger partial charge on any atom is -0.307 e. The fourth-order valence-corrected chi connectivity index (χ4v) is 6.63. The number of alkyl halides is 3. The molecule has 0 radical (unpaired) electrons. The fourth-order valence-electron chi connectivity index (χ4n) is 4.11. The van der Waals surface area contributed by atoms with Gasteiger partial charge in [0.2, 0.25) is 11.8 Å². The van der Waals surface area contributed by atoms with Crippen LogP contribution in [0.15, 0.2) is 64.4 Å². The summed E-state index contributed by atoms with van der Waals surface area (Å²) < 4.78 is 39.5. The van der Waals surface area contributed by atoms with Gasteiger partial charge in [-0.2, -0.15) is 13.2 Å². The lowest BCUT2D eigenvalue weighted by molar-refractivity contribution is -0.137. The zero-order valence-electron chi connectivity index (χ0n) is 15.6. The van der Waals surface area contributed by atoms with E-state index in [1.807, 2.05) is 18.2 Å². The number of hydrogen-bond acceptors (Lipinski definition) is 5. The van der Waals surface area contributed by atoms with E-state index < -0.39 is 40.6 Å². The molecule has 3 unspecified atom stereocenters. The highest BCUT2D eigenvalue weighted by atomic mass is 32.2. The number of aromatic amines is 1. The average molecular weight is 462 g/mol. The molecule has 1 N–H and O–H groups in total. The van der Waals surface area contributed by atoms with Gasteiger partial charge >= 0.3 is 11.0 Å². The normalized spacial score (nSPS) is 23.1. The zero-order chi connectivity index (χ0) is 21.9. The van der Waals surface area contributed by atoms with Crippen LogP contribution in [0.5, 0.6) is 0 Å². The summed E-state index contributed by atoms with van der Waals surface area (Å²) in [7, 11) is 0. The minimum atomic E-state index is -4.60. The molecule has 1 aromatic heterocycles. The van der Waals surface area contributed by atoms with E-state index in [9.17, 15) is 27.6 Å². The number of carbonyl (C=O) groups is 2. The SMILES string of the molecule is O=C1C2Sc3[nH]c(=O)sc3C(c3ccccc3)C2C(=O)N1c1cccc(C(F)(F)F)c1. The predicted octanol–water partition coefficient (Wildman–Crippen LogP) is 4.25. The second-order valence-electron chi connectivity index (χ2n) is 7.22. The summed E-state index contributed by atoms with van der Waals surface area (Å²) in [5.41, 5.74) is -0.277. The van der Waals surface area contributed by atoms with E-state index in [1.165, 1.54) is 12.1 Å². The van der Waals surface area contributed by atoms with Crippen LogP contribution in [0.25, 0.3) is 0 Å². The van der Waals surface area contributed by atoms with Crippen LogP contribution in [0.3, 0.4) is 0 Å². The van der Waals surface area contributed by atoms with Gasteiger partial charge in [-0.3, -0.25) is 14.4 Å². The number of imide groups is 1. The molecule has 10 heteroatoms. The Morgan fingerprint density at radius 2 is 1.68 bits per heavy atom. The number of H-pyrrole nitrogens is 1. The van der Waals surface area contributed by atoms with Crippen molar-refractivity contribution in [1.82, 2.24) is 4.98 Å². The van der Waals surface area contributed by atoms with Crippen molar-refractivity contribution < 1.29 is 22.8 Å². The molecule has 5 rings (SSSR count). The summed E-state index contributed by atoms with van der Waals surface area (Å²) >= 11 is 2.07. The van der Waals surface area contributed by atoms with E-state index in [-0.39, 0.29) is 10.6 Å². The van der Waals surface area contributed by atoms with Crippen LogP contribution in [0.2, 0.25) is 0 Å². The standard InChI is InChI=1S/C21H13F3N2O3S2/c22-21(23,24)11-7-4-8-12(9-11)26-18(27)14-13(10-5-2-1-3-6-10)15-17(25-20(29)31-15)30-16(14)19(26)28/h1-9,13-14,16H,(H,25,29). The molecular formula is C21H13F3N2O3S2. The highest BCUT2D eigenvalue weighted by Crippen LogP contribution is 2.53. The maximum atomic E-state index is 13.4. The average Bonchev–Trinajstić information content (AvgIpc) is 3.23. The van der Waals surface area contributed by atoms with Crippen molar-refractivity contribution in [2.75, 3.05) is 4.90 Å². The molecule has 1 saturated heterocycles. The number of halogens is 3. The number of hydrogen-bond donors (Lipinski definition) is 1. The van der Waals surface area contributed by atoms with E-state index in [1.54, 1.807) is 12.1 Å². The van der Waals surface area contributed by atoms with Crippen molar-refractivity contribution in [3.8, 4) is 0 Å². The molecule has 2 amide bonds. The van der Waals surface area contributed by atoms with Gasteiger partial charge in [0.1, 0.15) is 5.25 Å². The molecule has 0 aliphatic carbocycles. The number of nitrogens with one attached hydrogen (secondary N) is 1. The van der Waals surface area contributed by atoms with Crippen molar-refractivity contribution in [3.63, 3.8) is 0 Å². The van der Waals surface area contributed by atoms with E-state index in [0.29, 0.717) is 9.90 Å². The largest absolute Gasteiger partial charge is 0.416 e. The van der Waals surface area contributed by atoms with E-state index in [4.69, 9.17) is 0 Å². The first-order valence-corrected chi connectivity index (χ1v) is 10.9. The van der Waals surface area contributed by atoms with Crippen molar-refractivity contribution >= 4 is 40.6 Å². The molecule has 31 heavy (non-hydrogen) atoms. The van der Waals surface area contributed by atoms with E-state index in [2.05, 4.69) is 4.98 Å². The molecule has 3 heterocycles. The summed E-state index contributed by atoms with van der Waals surface area (Å²) in [4.78, 5) is 42.6. The third-order valence-electron chi connectivity index (χ3n) is 5.41. The summed E-state index contributed by atoms with van der Waals surface area (Å²) in [6.07, 6.45) is -4.60. The van der Waals surface area contributed by atoms with Crippen LogP contribution < -0.4 is 9.77 Å². The van der Waals surface area contributed by atoms with Crippen molar-refractivity contribution in [2.24, 2.45) is 5.92 Å². The van der Waals surface area contributed by atoms with Crippen LogP contribution in [-0.2, 0) is 15.8 Å². The minimum absolute atomic E-state index is 0.108. The van der Waals surface area contributed by atoms with Crippen LogP contribution in [0, 0.1) is 5.92 Å². The molecule has 0 saturated carbocycles. The number of anilines is 1. The van der Waals surface area contributed by atoms with E-state index in [0.717, 1.165) is 45.7 Å². The van der Waals surface area contributed by atoms with Crippen LogP contribution >= 0.6 is 23.1 Å². The number of rotatable bonds is 2. The van der Waals surface area contributed by atoms with Crippen LogP contribution in [-0.4, -0.2) is 22.0 Å². The Hall–Kier alpha value is -2.85. The lowest BCUT2D eigenvalue weighted by Crippen LogP contribution is -2.32. The summed E-state index contributed by atoms with van der Waals surface area (Å²) in [6, 6.07) is 13.2. The number of carbonyl (C=O) groups excluding carboxylic acids is 2. The number of benzene rings is 2. The number of amides is 2. The third kappa shape index (κ3) is 3.21. The number of fused-ring (bicyclic) bond motifs is 2. The molecule has 1 fully saturated rings. The number of aromatic nitrogens is 1. The molecular weight excluding hydrogens is 449 g/mol. The molecule has 3 atom stereocenters. The van der Waals surface area contributed by atoms with Crippen molar-refractivity contribution in [2.45, 2.75) is 22.4 Å². The maximum Gasteiger partial charge on any atom is 0.416 e. The first kappa shape index (κ1) is 20.1. The smallest absolute Gasteiger partial charge is 0.307 e. The number of nitrogens with zero attached hydrogens (tertiary/aromatic N) is 1. The van der Waals surface area contributed by atoms with Gasteiger partial charge in [0.25, 0.3) is 0 Å². The predicted molar refractivity (Wildman–Crippen MR) is 110 cm³/mol. The van der Waals surface area contributed by atoms with Gasteiger partial charge in [-0.25, -0.2) is 4.90 Å². The van der Waals surface area contributed by atoms with Gasteiger partial charge in [-0.15, -0.1) is 0 Å². The molecule has 5 nitrogen and oxygen atoms in total. The van der Waals surface area contributed by atoms with E-state index >= 15 is 0 Å². The molecule has 2 aliphatic rings. The van der Waals surface area contributed by atoms with Gasteiger partial charge in [-0.1, -0.05) is 59.5 Å². The van der Waals surface area contributed by atoms with Crippen LogP contribution in [0.1, 0.15) is 21.9 Å². The van der Waals surface area contributed by atoms with Gasteiger partial charge < -0.3 is 4.98 Å². The Balaban J connectivity index is 1.62. The van der Waals surface area contributed by atoms with Crippen molar-refractivity contribution in [1.29, 1.82) is 0 Å². The molecule has 2 aliphatic heterocycles. The quantitative estimate of drug-likeness (QED) is 0.578. The second kappa shape index (κ2) is 7.10. The fraction of sp³-hybridized carbons (Fsp3) is 0.190. The van der Waals surface area contributed by atoms with Gasteiger partial charge in [0.15, 0.2) is 0 Å². The van der Waals surface area contributed by atoms with Gasteiger partial charge in [0.05, 0.1) is 22.2 Å².